The van der Waals surface area contributed by atoms with Crippen LogP contribution in [0.3, 0.4) is 0 Å². The van der Waals surface area contributed by atoms with Gasteiger partial charge in [-0.3, -0.25) is 15.5 Å². The Hall–Kier alpha value is -2.00. The van der Waals surface area contributed by atoms with Gasteiger partial charge in [0.25, 0.3) is 0 Å². The number of nitrogens with two attached hydrogens (primary N) is 1. The number of anilines is 2. The lowest BCUT2D eigenvalue weighted by atomic mass is 9.99. The Morgan fingerprint density at radius 2 is 2.19 bits per heavy atom. The topological polar surface area (TPSA) is 122 Å². The van der Waals surface area contributed by atoms with Crippen LogP contribution in [0.5, 0.6) is 0 Å². The van der Waals surface area contributed by atoms with E-state index in [1.54, 1.807) is 6.92 Å². The largest absolute Gasteiger partial charge is 0.361 e. The molecule has 0 aliphatic carbocycles. The smallest absolute Gasteiger partial charge is 0.332 e. The van der Waals surface area contributed by atoms with Gasteiger partial charge >= 0.3 is 5.69 Å². The highest BCUT2D eigenvalue weighted by atomic mass is 16.6. The Kier molecular flexibility index (Phi) is 4.53. The first-order chi connectivity index (χ1) is 9.92. The fourth-order valence-electron chi connectivity index (χ4n) is 2.56. The minimum Gasteiger partial charge on any atom is -0.361 e. The molecule has 0 spiro atoms. The molecule has 0 saturated carbocycles. The summed E-state index contributed by atoms with van der Waals surface area (Å²) in [5, 5.41) is 14.4. The van der Waals surface area contributed by atoms with Gasteiger partial charge in [0.2, 0.25) is 11.8 Å². The lowest BCUT2D eigenvalue weighted by Gasteiger charge is -2.35. The van der Waals surface area contributed by atoms with Gasteiger partial charge in [0, 0.05) is 18.6 Å². The van der Waals surface area contributed by atoms with Crippen molar-refractivity contribution in [2.75, 3.05) is 24.3 Å². The number of nitrogens with zero attached hydrogens (tertiary/aromatic N) is 4. The SMILES string of the molecule is Cc1nc(NN)nc(NC2CCN(C)C(C)C2)c1[N+](=O)[O-]. The van der Waals surface area contributed by atoms with Gasteiger partial charge in [-0.05, 0) is 33.7 Å². The maximum absolute atomic E-state index is 11.2. The van der Waals surface area contributed by atoms with Crippen molar-refractivity contribution in [3.05, 3.63) is 15.8 Å². The fourth-order valence-corrected chi connectivity index (χ4v) is 2.56. The van der Waals surface area contributed by atoms with Crippen LogP contribution in [0.25, 0.3) is 0 Å². The zero-order chi connectivity index (χ0) is 15.6. The van der Waals surface area contributed by atoms with Crippen LogP contribution in [0.4, 0.5) is 17.5 Å². The van der Waals surface area contributed by atoms with Gasteiger partial charge in [-0.2, -0.15) is 4.98 Å². The van der Waals surface area contributed by atoms with Crippen molar-refractivity contribution in [1.29, 1.82) is 0 Å². The maximum Gasteiger partial charge on any atom is 0.332 e. The zero-order valence-corrected chi connectivity index (χ0v) is 12.5. The van der Waals surface area contributed by atoms with E-state index < -0.39 is 4.92 Å². The molecular weight excluding hydrogens is 274 g/mol. The van der Waals surface area contributed by atoms with Crippen LogP contribution in [-0.2, 0) is 0 Å². The summed E-state index contributed by atoms with van der Waals surface area (Å²) < 4.78 is 0. The number of likely N-dealkylation sites (tertiary alicyclic amines) is 1. The lowest BCUT2D eigenvalue weighted by Crippen LogP contribution is -2.42. The van der Waals surface area contributed by atoms with E-state index in [4.69, 9.17) is 5.84 Å². The second-order valence-corrected chi connectivity index (χ2v) is 5.43. The summed E-state index contributed by atoms with van der Waals surface area (Å²) in [5.41, 5.74) is 2.52. The van der Waals surface area contributed by atoms with Crippen LogP contribution < -0.4 is 16.6 Å². The van der Waals surface area contributed by atoms with Crippen molar-refractivity contribution in [3.8, 4) is 0 Å². The summed E-state index contributed by atoms with van der Waals surface area (Å²) in [6.07, 6.45) is 1.81. The van der Waals surface area contributed by atoms with Gasteiger partial charge in [-0.1, -0.05) is 0 Å². The maximum atomic E-state index is 11.2. The van der Waals surface area contributed by atoms with E-state index in [1.165, 1.54) is 0 Å². The summed E-state index contributed by atoms with van der Waals surface area (Å²) in [7, 11) is 2.08. The molecule has 1 saturated heterocycles. The van der Waals surface area contributed by atoms with Crippen molar-refractivity contribution in [3.63, 3.8) is 0 Å². The van der Waals surface area contributed by atoms with Gasteiger partial charge in [0.15, 0.2) is 0 Å². The molecule has 0 amide bonds. The summed E-state index contributed by atoms with van der Waals surface area (Å²) in [4.78, 5) is 21.1. The average Bonchev–Trinajstić information content (AvgIpc) is 2.41. The first-order valence-corrected chi connectivity index (χ1v) is 6.88. The Bertz CT molecular complexity index is 537. The van der Waals surface area contributed by atoms with Crippen LogP contribution in [0.2, 0.25) is 0 Å². The summed E-state index contributed by atoms with van der Waals surface area (Å²) >= 11 is 0. The monoisotopic (exact) mass is 295 g/mol. The standard InChI is InChI=1S/C12H21N7O2/c1-7-6-9(4-5-18(7)3)15-11-10(19(20)21)8(2)14-12(16-11)17-13/h7,9H,4-6,13H2,1-3H3,(H2,14,15,16,17). The van der Waals surface area contributed by atoms with E-state index in [2.05, 4.69) is 39.6 Å². The molecule has 2 atom stereocenters. The first kappa shape index (κ1) is 15.4. The lowest BCUT2D eigenvalue weighted by molar-refractivity contribution is -0.385. The Labute approximate surface area is 123 Å². The number of nitrogen functional groups attached to an aromatic ring is 1. The number of nitrogens with one attached hydrogen (secondary N) is 2. The van der Waals surface area contributed by atoms with Gasteiger partial charge in [-0.25, -0.2) is 10.8 Å². The number of aromatic nitrogens is 2. The summed E-state index contributed by atoms with van der Waals surface area (Å²) in [6, 6.07) is 0.570. The molecule has 116 valence electrons. The second kappa shape index (κ2) is 6.19. The molecule has 1 aliphatic rings. The third kappa shape index (κ3) is 3.37. The molecular formula is C12H21N7O2. The van der Waals surface area contributed by atoms with Crippen LogP contribution in [0.15, 0.2) is 0 Å². The molecule has 1 fully saturated rings. The molecule has 2 rings (SSSR count). The predicted molar refractivity (Wildman–Crippen MR) is 80.0 cm³/mol. The van der Waals surface area contributed by atoms with Gasteiger partial charge in [0.1, 0.15) is 5.69 Å². The third-order valence-electron chi connectivity index (χ3n) is 3.92. The molecule has 4 N–H and O–H groups in total. The van der Waals surface area contributed by atoms with E-state index in [9.17, 15) is 10.1 Å². The number of aryl methyl sites for hydroxylation is 1. The molecule has 0 radical (unpaired) electrons. The van der Waals surface area contributed by atoms with Gasteiger partial charge < -0.3 is 10.2 Å². The van der Waals surface area contributed by atoms with Crippen molar-refractivity contribution in [2.45, 2.75) is 38.8 Å². The number of nitro groups is 1. The minimum absolute atomic E-state index is 0.0967. The number of piperidine rings is 1. The molecule has 2 unspecified atom stereocenters. The fraction of sp³-hybridized carbons (Fsp3) is 0.667. The van der Waals surface area contributed by atoms with E-state index in [0.29, 0.717) is 6.04 Å². The van der Waals surface area contributed by atoms with E-state index in [-0.39, 0.29) is 29.2 Å². The highest BCUT2D eigenvalue weighted by Crippen LogP contribution is 2.29. The van der Waals surface area contributed by atoms with Crippen molar-refractivity contribution < 1.29 is 4.92 Å². The van der Waals surface area contributed by atoms with Crippen molar-refractivity contribution in [2.24, 2.45) is 5.84 Å². The summed E-state index contributed by atoms with van der Waals surface area (Å²) in [6.45, 7) is 4.65. The molecule has 1 aromatic heterocycles. The minimum atomic E-state index is -0.462. The molecule has 0 aromatic carbocycles. The normalized spacial score (nSPS) is 22.9. The van der Waals surface area contributed by atoms with Crippen LogP contribution >= 0.6 is 0 Å². The Balaban J connectivity index is 2.26. The van der Waals surface area contributed by atoms with Gasteiger partial charge in [0.05, 0.1) is 4.92 Å². The number of rotatable bonds is 4. The first-order valence-electron chi connectivity index (χ1n) is 6.88. The molecule has 21 heavy (non-hydrogen) atoms. The van der Waals surface area contributed by atoms with Crippen LogP contribution in [-0.4, -0.2) is 45.5 Å². The van der Waals surface area contributed by atoms with Crippen LogP contribution in [0.1, 0.15) is 25.5 Å². The summed E-state index contributed by atoms with van der Waals surface area (Å²) in [5.74, 6) is 5.70. The molecule has 9 nitrogen and oxygen atoms in total. The highest BCUT2D eigenvalue weighted by Gasteiger charge is 2.27. The number of hydrogen-bond donors (Lipinski definition) is 3. The van der Waals surface area contributed by atoms with Gasteiger partial charge in [-0.15, -0.1) is 0 Å². The number of hydrogen-bond acceptors (Lipinski definition) is 8. The average molecular weight is 295 g/mol. The molecule has 1 aliphatic heterocycles. The van der Waals surface area contributed by atoms with Crippen molar-refractivity contribution in [1.82, 2.24) is 14.9 Å². The van der Waals surface area contributed by atoms with E-state index in [1.807, 2.05) is 0 Å². The quantitative estimate of drug-likeness (QED) is 0.425. The van der Waals surface area contributed by atoms with E-state index in [0.717, 1.165) is 19.4 Å². The van der Waals surface area contributed by atoms with E-state index >= 15 is 0 Å². The highest BCUT2D eigenvalue weighted by molar-refractivity contribution is 5.61. The number of hydrazine groups is 1. The molecule has 2 heterocycles. The predicted octanol–water partition coefficient (Wildman–Crippen LogP) is 0.873. The Morgan fingerprint density at radius 1 is 1.48 bits per heavy atom. The Morgan fingerprint density at radius 3 is 2.76 bits per heavy atom. The molecule has 0 bridgehead atoms. The van der Waals surface area contributed by atoms with Crippen molar-refractivity contribution >= 4 is 17.5 Å². The molecule has 1 aromatic rings. The van der Waals surface area contributed by atoms with Crippen LogP contribution in [0, 0.1) is 17.0 Å². The zero-order valence-electron chi connectivity index (χ0n) is 12.5. The second-order valence-electron chi connectivity index (χ2n) is 5.43. The third-order valence-corrected chi connectivity index (χ3v) is 3.92. The molecule has 9 heteroatoms.